The Morgan fingerprint density at radius 2 is 2.09 bits per heavy atom. The molecule has 0 aliphatic carbocycles. The van der Waals surface area contributed by atoms with Crippen LogP contribution in [-0.4, -0.2) is 52.6 Å². The molecule has 6 nitrogen and oxygen atoms in total. The molecular weight excluding hydrogens is 303 g/mol. The minimum Gasteiger partial charge on any atom is -0.387 e. The fourth-order valence-corrected chi connectivity index (χ4v) is 2.73. The second kappa shape index (κ2) is 5.78. The van der Waals surface area contributed by atoms with Crippen LogP contribution >= 0.6 is 0 Å². The van der Waals surface area contributed by atoms with Gasteiger partial charge in [-0.15, -0.1) is 0 Å². The Hall–Kier alpha value is -1.19. The van der Waals surface area contributed by atoms with E-state index in [0.717, 1.165) is 0 Å². The molecular formula is C13H20F3N3O3. The van der Waals surface area contributed by atoms with E-state index in [-0.39, 0.29) is 19.0 Å². The van der Waals surface area contributed by atoms with Crippen molar-refractivity contribution in [2.24, 2.45) is 5.41 Å². The topological polar surface area (TPSA) is 71.6 Å². The Bertz CT molecular complexity index is 518. The van der Waals surface area contributed by atoms with E-state index in [0.29, 0.717) is 19.5 Å². The summed E-state index contributed by atoms with van der Waals surface area (Å²) in [4.78, 5) is 5.25. The Morgan fingerprint density at radius 1 is 1.41 bits per heavy atom. The molecule has 1 N–H and O–H groups in total. The van der Waals surface area contributed by atoms with Crippen LogP contribution in [-0.2, 0) is 17.5 Å². The van der Waals surface area contributed by atoms with Gasteiger partial charge in [-0.3, -0.25) is 4.90 Å². The molecule has 0 saturated carbocycles. The van der Waals surface area contributed by atoms with Gasteiger partial charge in [0.15, 0.2) is 0 Å². The quantitative estimate of drug-likeness (QED) is 0.909. The lowest BCUT2D eigenvalue weighted by atomic mass is 9.70. The molecule has 1 aromatic heterocycles. The third-order valence-electron chi connectivity index (χ3n) is 4.18. The smallest absolute Gasteiger partial charge is 0.387 e. The molecule has 1 saturated heterocycles. The number of hydrogen-bond donors (Lipinski definition) is 1. The van der Waals surface area contributed by atoms with Crippen molar-refractivity contribution < 1.29 is 27.5 Å². The maximum Gasteiger partial charge on any atom is 0.455 e. The van der Waals surface area contributed by atoms with E-state index in [1.165, 1.54) is 7.11 Å². The van der Waals surface area contributed by atoms with Gasteiger partial charge in [0, 0.05) is 25.6 Å². The van der Waals surface area contributed by atoms with Gasteiger partial charge in [-0.25, -0.2) is 0 Å². The largest absolute Gasteiger partial charge is 0.455 e. The fraction of sp³-hybridized carbons (Fsp3) is 0.846. The number of alkyl halides is 3. The zero-order valence-corrected chi connectivity index (χ0v) is 12.8. The van der Waals surface area contributed by atoms with Crippen molar-refractivity contribution in [3.8, 4) is 0 Å². The fourth-order valence-electron chi connectivity index (χ4n) is 2.73. The number of rotatable bonds is 4. The van der Waals surface area contributed by atoms with Crippen molar-refractivity contribution in [2.75, 3.05) is 26.8 Å². The number of piperidine rings is 1. The van der Waals surface area contributed by atoms with Crippen molar-refractivity contribution in [3.05, 3.63) is 11.7 Å². The number of aliphatic hydroxyl groups is 1. The standard InChI is InChI=1S/C13H20F3N3O3/c1-11(2)7-19(5-4-12(11,20)8-21-3)6-9-17-10(18-22-9)13(14,15)16/h20H,4-8H2,1-3H3/t12-/m1/s1. The summed E-state index contributed by atoms with van der Waals surface area (Å²) in [6, 6.07) is 0. The summed E-state index contributed by atoms with van der Waals surface area (Å²) >= 11 is 0. The van der Waals surface area contributed by atoms with Gasteiger partial charge in [-0.2, -0.15) is 18.2 Å². The molecule has 1 aromatic rings. The second-order valence-electron chi connectivity index (χ2n) is 6.32. The maximum absolute atomic E-state index is 12.4. The van der Waals surface area contributed by atoms with Crippen molar-refractivity contribution in [3.63, 3.8) is 0 Å². The van der Waals surface area contributed by atoms with E-state index in [2.05, 4.69) is 14.7 Å². The zero-order valence-electron chi connectivity index (χ0n) is 12.8. The highest BCUT2D eigenvalue weighted by Gasteiger charge is 2.48. The van der Waals surface area contributed by atoms with Gasteiger partial charge in [0.05, 0.1) is 18.8 Å². The molecule has 2 rings (SSSR count). The molecule has 2 heterocycles. The molecule has 126 valence electrons. The SMILES string of the molecule is COC[C@]1(O)CCN(Cc2nc(C(F)(F)F)no2)CC1(C)C. The van der Waals surface area contributed by atoms with Crippen molar-refractivity contribution >= 4 is 0 Å². The van der Waals surface area contributed by atoms with Crippen LogP contribution in [0.3, 0.4) is 0 Å². The van der Waals surface area contributed by atoms with Crippen LogP contribution in [0, 0.1) is 5.41 Å². The lowest BCUT2D eigenvalue weighted by Gasteiger charge is -2.49. The van der Waals surface area contributed by atoms with Crippen LogP contribution in [0.4, 0.5) is 13.2 Å². The highest BCUT2D eigenvalue weighted by atomic mass is 19.4. The van der Waals surface area contributed by atoms with Gasteiger partial charge in [0.1, 0.15) is 0 Å². The number of methoxy groups -OCH3 is 1. The predicted molar refractivity (Wildman–Crippen MR) is 69.8 cm³/mol. The summed E-state index contributed by atoms with van der Waals surface area (Å²) in [6.45, 7) is 5.12. The summed E-state index contributed by atoms with van der Waals surface area (Å²) in [5.41, 5.74) is -1.45. The summed E-state index contributed by atoms with van der Waals surface area (Å²) < 4.78 is 47.1. The molecule has 0 spiro atoms. The normalized spacial score (nSPS) is 26.3. The Balaban J connectivity index is 2.03. The van der Waals surface area contributed by atoms with Crippen LogP contribution in [0.25, 0.3) is 0 Å². The summed E-state index contributed by atoms with van der Waals surface area (Å²) in [6.07, 6.45) is -4.16. The van der Waals surface area contributed by atoms with Crippen LogP contribution in [0.2, 0.25) is 0 Å². The summed E-state index contributed by atoms with van der Waals surface area (Å²) in [5, 5.41) is 13.6. The lowest BCUT2D eigenvalue weighted by Crippen LogP contribution is -2.59. The van der Waals surface area contributed by atoms with E-state index < -0.39 is 23.0 Å². The first-order valence-electron chi connectivity index (χ1n) is 6.91. The van der Waals surface area contributed by atoms with Gasteiger partial charge in [-0.05, 0) is 6.42 Å². The first-order chi connectivity index (χ1) is 10.1. The number of halogens is 3. The molecule has 9 heteroatoms. The van der Waals surface area contributed by atoms with Crippen LogP contribution < -0.4 is 0 Å². The van der Waals surface area contributed by atoms with E-state index in [1.807, 2.05) is 18.7 Å². The van der Waals surface area contributed by atoms with Gasteiger partial charge >= 0.3 is 6.18 Å². The monoisotopic (exact) mass is 323 g/mol. The first kappa shape index (κ1) is 17.2. The predicted octanol–water partition coefficient (Wildman–Crippen LogP) is 1.70. The van der Waals surface area contributed by atoms with E-state index >= 15 is 0 Å². The second-order valence-corrected chi connectivity index (χ2v) is 6.32. The molecule has 1 aliphatic heterocycles. The molecule has 0 radical (unpaired) electrons. The van der Waals surface area contributed by atoms with Crippen molar-refractivity contribution in [1.29, 1.82) is 0 Å². The third-order valence-corrected chi connectivity index (χ3v) is 4.18. The summed E-state index contributed by atoms with van der Waals surface area (Å²) in [7, 11) is 1.53. The Morgan fingerprint density at radius 3 is 2.59 bits per heavy atom. The van der Waals surface area contributed by atoms with Crippen LogP contribution in [0.1, 0.15) is 32.0 Å². The number of aromatic nitrogens is 2. The minimum absolute atomic E-state index is 0.0830. The van der Waals surface area contributed by atoms with Crippen LogP contribution in [0.5, 0.6) is 0 Å². The maximum atomic E-state index is 12.4. The van der Waals surface area contributed by atoms with Gasteiger partial charge in [-0.1, -0.05) is 19.0 Å². The van der Waals surface area contributed by atoms with Gasteiger partial charge in [0.25, 0.3) is 5.82 Å². The highest BCUT2D eigenvalue weighted by Crippen LogP contribution is 2.39. The lowest BCUT2D eigenvalue weighted by molar-refractivity contribution is -0.152. The zero-order chi connectivity index (χ0) is 16.6. The number of hydrogen-bond acceptors (Lipinski definition) is 6. The minimum atomic E-state index is -4.61. The van der Waals surface area contributed by atoms with Crippen LogP contribution in [0.15, 0.2) is 4.52 Å². The molecule has 0 bridgehead atoms. The number of likely N-dealkylation sites (tertiary alicyclic amines) is 1. The molecule has 22 heavy (non-hydrogen) atoms. The van der Waals surface area contributed by atoms with E-state index in [9.17, 15) is 18.3 Å². The third kappa shape index (κ3) is 3.41. The molecule has 0 unspecified atom stereocenters. The first-order valence-corrected chi connectivity index (χ1v) is 6.91. The van der Waals surface area contributed by atoms with E-state index in [1.54, 1.807) is 0 Å². The molecule has 0 amide bonds. The molecule has 1 fully saturated rings. The summed E-state index contributed by atoms with van der Waals surface area (Å²) in [5.74, 6) is -1.35. The Kier molecular flexibility index (Phi) is 4.51. The molecule has 0 aromatic carbocycles. The van der Waals surface area contributed by atoms with E-state index in [4.69, 9.17) is 4.74 Å². The molecule has 1 atom stereocenters. The number of ether oxygens (including phenoxy) is 1. The van der Waals surface area contributed by atoms with Gasteiger partial charge < -0.3 is 14.4 Å². The van der Waals surface area contributed by atoms with Crippen molar-refractivity contribution in [1.82, 2.24) is 15.0 Å². The highest BCUT2D eigenvalue weighted by molar-refractivity contribution is 5.00. The Labute approximate surface area is 126 Å². The van der Waals surface area contributed by atoms with Crippen molar-refractivity contribution in [2.45, 2.75) is 38.6 Å². The average Bonchev–Trinajstić information content (AvgIpc) is 2.83. The number of nitrogens with zero attached hydrogens (tertiary/aromatic N) is 3. The molecule has 1 aliphatic rings. The average molecular weight is 323 g/mol. The van der Waals surface area contributed by atoms with Gasteiger partial charge in [0.2, 0.25) is 5.89 Å².